The molecule has 8 heteroatoms. The third kappa shape index (κ3) is 4.55. The SMILES string of the molecule is COCCOC(=O)C1=C(C)NC(=S)NC1c1c(OC(C)=O)ccc2ccccc12. The Morgan fingerprint density at radius 1 is 1.14 bits per heavy atom. The number of rotatable bonds is 6. The standard InChI is InChI=1S/C21H22N2O5S/c1-12-17(20(25)27-11-10-26-3)19(23-21(29)22-12)18-15-7-5-4-6-14(15)8-9-16(18)28-13(2)24/h4-9,19H,10-11H2,1-3H3,(H2,22,23,29). The third-order valence-electron chi connectivity index (χ3n) is 4.48. The van der Waals surface area contributed by atoms with Gasteiger partial charge in [0.05, 0.1) is 18.2 Å². The molecule has 2 aromatic carbocycles. The Balaban J connectivity index is 2.16. The number of methoxy groups -OCH3 is 1. The quantitative estimate of drug-likeness (QED) is 0.323. The Bertz CT molecular complexity index is 1000. The van der Waals surface area contributed by atoms with Gasteiger partial charge in [0.1, 0.15) is 12.4 Å². The van der Waals surface area contributed by atoms with Gasteiger partial charge in [-0.3, -0.25) is 4.79 Å². The molecule has 2 N–H and O–H groups in total. The molecule has 29 heavy (non-hydrogen) atoms. The van der Waals surface area contributed by atoms with Crippen molar-refractivity contribution in [1.82, 2.24) is 10.6 Å². The molecular formula is C21H22N2O5S. The number of carbonyl (C=O) groups is 2. The van der Waals surface area contributed by atoms with Crippen LogP contribution in [0.25, 0.3) is 10.8 Å². The van der Waals surface area contributed by atoms with Gasteiger partial charge in [-0.05, 0) is 36.0 Å². The summed E-state index contributed by atoms with van der Waals surface area (Å²) in [6.45, 7) is 3.49. The summed E-state index contributed by atoms with van der Waals surface area (Å²) in [7, 11) is 1.53. The molecule has 0 fully saturated rings. The van der Waals surface area contributed by atoms with Crippen LogP contribution in [0.4, 0.5) is 0 Å². The second-order valence-corrected chi connectivity index (χ2v) is 6.90. The van der Waals surface area contributed by atoms with Crippen molar-refractivity contribution in [2.24, 2.45) is 0 Å². The number of nitrogens with one attached hydrogen (secondary N) is 2. The lowest BCUT2D eigenvalue weighted by molar-refractivity contribution is -0.140. The second kappa shape index (κ2) is 9.02. The van der Waals surface area contributed by atoms with Gasteiger partial charge < -0.3 is 24.8 Å². The number of carbonyl (C=O) groups excluding carboxylic acids is 2. The van der Waals surface area contributed by atoms with Crippen LogP contribution in [0.5, 0.6) is 5.75 Å². The summed E-state index contributed by atoms with van der Waals surface area (Å²) in [4.78, 5) is 24.6. The maximum Gasteiger partial charge on any atom is 0.338 e. The van der Waals surface area contributed by atoms with Crippen molar-refractivity contribution in [3.8, 4) is 5.75 Å². The number of fused-ring (bicyclic) bond motifs is 1. The molecule has 0 aliphatic carbocycles. The molecule has 1 atom stereocenters. The lowest BCUT2D eigenvalue weighted by Gasteiger charge is -2.31. The van der Waals surface area contributed by atoms with Gasteiger partial charge in [-0.1, -0.05) is 30.3 Å². The van der Waals surface area contributed by atoms with Crippen LogP contribution in [0.1, 0.15) is 25.5 Å². The van der Waals surface area contributed by atoms with Crippen LogP contribution in [0.3, 0.4) is 0 Å². The Labute approximate surface area is 174 Å². The van der Waals surface area contributed by atoms with Crippen LogP contribution in [0.2, 0.25) is 0 Å². The van der Waals surface area contributed by atoms with Gasteiger partial charge in [-0.15, -0.1) is 0 Å². The van der Waals surface area contributed by atoms with Crippen LogP contribution in [0, 0.1) is 0 Å². The summed E-state index contributed by atoms with van der Waals surface area (Å²) < 4.78 is 15.8. The molecule has 3 rings (SSSR count). The molecule has 0 bridgehead atoms. The van der Waals surface area contributed by atoms with Gasteiger partial charge in [-0.2, -0.15) is 0 Å². The van der Waals surface area contributed by atoms with Gasteiger partial charge in [-0.25, -0.2) is 4.79 Å². The minimum absolute atomic E-state index is 0.121. The van der Waals surface area contributed by atoms with Crippen LogP contribution in [-0.2, 0) is 19.1 Å². The predicted molar refractivity (Wildman–Crippen MR) is 112 cm³/mol. The first-order valence-corrected chi connectivity index (χ1v) is 9.47. The smallest absolute Gasteiger partial charge is 0.338 e. The first kappa shape index (κ1) is 20.8. The monoisotopic (exact) mass is 414 g/mol. The van der Waals surface area contributed by atoms with Crippen molar-refractivity contribution in [2.75, 3.05) is 20.3 Å². The molecule has 0 spiro atoms. The van der Waals surface area contributed by atoms with Crippen LogP contribution in [0.15, 0.2) is 47.7 Å². The number of esters is 2. The van der Waals surface area contributed by atoms with Crippen molar-refractivity contribution in [1.29, 1.82) is 0 Å². The molecule has 2 aromatic rings. The maximum atomic E-state index is 12.9. The number of benzene rings is 2. The minimum atomic E-state index is -0.653. The number of hydrogen-bond acceptors (Lipinski definition) is 6. The highest BCUT2D eigenvalue weighted by Gasteiger charge is 2.34. The molecule has 7 nitrogen and oxygen atoms in total. The van der Waals surface area contributed by atoms with Crippen molar-refractivity contribution < 1.29 is 23.8 Å². The van der Waals surface area contributed by atoms with E-state index in [1.54, 1.807) is 13.0 Å². The number of allylic oxidation sites excluding steroid dienone is 1. The molecule has 0 saturated carbocycles. The average Bonchev–Trinajstić information content (AvgIpc) is 2.66. The number of hydrogen-bond donors (Lipinski definition) is 2. The van der Waals surface area contributed by atoms with E-state index in [2.05, 4.69) is 10.6 Å². The summed E-state index contributed by atoms with van der Waals surface area (Å²) in [5.74, 6) is -0.606. The van der Waals surface area contributed by atoms with E-state index in [1.807, 2.05) is 30.3 Å². The predicted octanol–water partition coefficient (Wildman–Crippen LogP) is 2.75. The normalized spacial score (nSPS) is 16.2. The van der Waals surface area contributed by atoms with Crippen LogP contribution in [-0.4, -0.2) is 37.4 Å². The van der Waals surface area contributed by atoms with Gasteiger partial charge >= 0.3 is 11.9 Å². The molecule has 1 unspecified atom stereocenters. The highest BCUT2D eigenvalue weighted by Crippen LogP contribution is 2.38. The van der Waals surface area contributed by atoms with Crippen LogP contribution >= 0.6 is 12.2 Å². The molecule has 0 radical (unpaired) electrons. The fourth-order valence-electron chi connectivity index (χ4n) is 3.29. The highest BCUT2D eigenvalue weighted by atomic mass is 32.1. The molecular weight excluding hydrogens is 392 g/mol. The second-order valence-electron chi connectivity index (χ2n) is 6.49. The summed E-state index contributed by atoms with van der Waals surface area (Å²) >= 11 is 5.32. The molecule has 1 aliphatic heterocycles. The van der Waals surface area contributed by atoms with Crippen molar-refractivity contribution in [3.63, 3.8) is 0 Å². The average molecular weight is 414 g/mol. The van der Waals surface area contributed by atoms with Gasteiger partial charge in [0.25, 0.3) is 0 Å². The lowest BCUT2D eigenvalue weighted by Crippen LogP contribution is -2.45. The van der Waals surface area contributed by atoms with Gasteiger partial charge in [0.2, 0.25) is 0 Å². The maximum absolute atomic E-state index is 12.9. The van der Waals surface area contributed by atoms with E-state index in [0.29, 0.717) is 27.7 Å². The van der Waals surface area contributed by atoms with E-state index in [9.17, 15) is 9.59 Å². The number of ether oxygens (including phenoxy) is 3. The highest BCUT2D eigenvalue weighted by molar-refractivity contribution is 7.80. The zero-order valence-corrected chi connectivity index (χ0v) is 17.2. The minimum Gasteiger partial charge on any atom is -0.460 e. The largest absolute Gasteiger partial charge is 0.460 e. The summed E-state index contributed by atoms with van der Waals surface area (Å²) in [6.07, 6.45) is 0. The van der Waals surface area contributed by atoms with E-state index in [0.717, 1.165) is 10.8 Å². The fraction of sp³-hybridized carbons (Fsp3) is 0.286. The topological polar surface area (TPSA) is 85.9 Å². The molecule has 1 aliphatic rings. The van der Waals surface area contributed by atoms with Crippen molar-refractivity contribution in [2.45, 2.75) is 19.9 Å². The zero-order valence-electron chi connectivity index (χ0n) is 16.4. The first-order valence-electron chi connectivity index (χ1n) is 9.06. The first-order chi connectivity index (χ1) is 13.9. The molecule has 1 heterocycles. The Morgan fingerprint density at radius 2 is 1.90 bits per heavy atom. The summed E-state index contributed by atoms with van der Waals surface area (Å²) in [5, 5.41) is 8.24. The summed E-state index contributed by atoms with van der Waals surface area (Å²) in [5.41, 5.74) is 1.57. The van der Waals surface area contributed by atoms with Crippen LogP contribution < -0.4 is 15.4 Å². The molecule has 0 saturated heterocycles. The molecule has 0 aromatic heterocycles. The summed E-state index contributed by atoms with van der Waals surface area (Å²) in [6, 6.07) is 10.6. The Morgan fingerprint density at radius 3 is 2.62 bits per heavy atom. The van der Waals surface area contributed by atoms with Crippen molar-refractivity contribution in [3.05, 3.63) is 53.2 Å². The van der Waals surface area contributed by atoms with Gasteiger partial charge in [0.15, 0.2) is 5.11 Å². The van der Waals surface area contributed by atoms with Gasteiger partial charge in [0, 0.05) is 25.3 Å². The van der Waals surface area contributed by atoms with E-state index >= 15 is 0 Å². The van der Waals surface area contributed by atoms with E-state index < -0.39 is 18.0 Å². The number of thiocarbonyl (C=S) groups is 1. The third-order valence-corrected chi connectivity index (χ3v) is 4.70. The lowest BCUT2D eigenvalue weighted by atomic mass is 9.90. The van der Waals surface area contributed by atoms with E-state index in [4.69, 9.17) is 26.4 Å². The van der Waals surface area contributed by atoms with E-state index in [1.165, 1.54) is 14.0 Å². The Kier molecular flexibility index (Phi) is 6.46. The molecule has 0 amide bonds. The van der Waals surface area contributed by atoms with E-state index in [-0.39, 0.29) is 13.2 Å². The fourth-order valence-corrected chi connectivity index (χ4v) is 3.56. The molecule has 152 valence electrons. The zero-order chi connectivity index (χ0) is 21.0. The van der Waals surface area contributed by atoms with Crippen molar-refractivity contribution >= 4 is 40.0 Å². The Hall–Kier alpha value is -2.97.